The summed E-state index contributed by atoms with van der Waals surface area (Å²) in [5.41, 5.74) is 2.07. The average molecular weight is 370 g/mol. The van der Waals surface area contributed by atoms with E-state index in [1.54, 1.807) is 47.4 Å². The van der Waals surface area contributed by atoms with Crippen LogP contribution in [0, 0.1) is 0 Å². The molecule has 0 spiro atoms. The third kappa shape index (κ3) is 2.97. The number of hydrogen-bond donors (Lipinski definition) is 0. The van der Waals surface area contributed by atoms with Crippen LogP contribution in [0.5, 0.6) is 5.75 Å². The van der Waals surface area contributed by atoms with Crippen molar-refractivity contribution in [1.29, 1.82) is 0 Å². The van der Waals surface area contributed by atoms with E-state index >= 15 is 0 Å². The Balaban J connectivity index is 1.81. The van der Waals surface area contributed by atoms with Gasteiger partial charge in [0.1, 0.15) is 5.75 Å². The molecular formula is C20H13Cl2NO2. The molecule has 0 saturated heterocycles. The van der Waals surface area contributed by atoms with Gasteiger partial charge in [-0.15, -0.1) is 0 Å². The minimum absolute atomic E-state index is 0.151. The van der Waals surface area contributed by atoms with E-state index in [-0.39, 0.29) is 5.91 Å². The fourth-order valence-corrected chi connectivity index (χ4v) is 3.15. The minimum atomic E-state index is -0.571. The van der Waals surface area contributed by atoms with Crippen LogP contribution < -0.4 is 9.64 Å². The lowest BCUT2D eigenvalue weighted by molar-refractivity contribution is 0.0939. The molecule has 0 N–H and O–H groups in total. The lowest BCUT2D eigenvalue weighted by atomic mass is 10.1. The summed E-state index contributed by atoms with van der Waals surface area (Å²) >= 11 is 12.1. The Morgan fingerprint density at radius 2 is 1.56 bits per heavy atom. The number of carbonyl (C=O) groups excluding carboxylic acids is 1. The van der Waals surface area contributed by atoms with Gasteiger partial charge in [0.05, 0.1) is 5.69 Å². The van der Waals surface area contributed by atoms with Crippen molar-refractivity contribution in [3.05, 3.63) is 94.0 Å². The number of nitrogens with zero attached hydrogens (tertiary/aromatic N) is 1. The van der Waals surface area contributed by atoms with E-state index in [4.69, 9.17) is 27.9 Å². The Kier molecular flexibility index (Phi) is 4.12. The van der Waals surface area contributed by atoms with Crippen LogP contribution in [0.1, 0.15) is 22.1 Å². The Bertz CT molecular complexity index is 926. The number of ether oxygens (including phenoxy) is 1. The van der Waals surface area contributed by atoms with Crippen LogP contribution in [0.2, 0.25) is 10.0 Å². The summed E-state index contributed by atoms with van der Waals surface area (Å²) < 4.78 is 6.05. The van der Waals surface area contributed by atoms with Gasteiger partial charge < -0.3 is 4.74 Å². The van der Waals surface area contributed by atoms with Crippen molar-refractivity contribution in [1.82, 2.24) is 0 Å². The van der Waals surface area contributed by atoms with E-state index in [1.807, 2.05) is 30.3 Å². The number of rotatable bonds is 2. The molecule has 0 radical (unpaired) electrons. The summed E-state index contributed by atoms with van der Waals surface area (Å²) in [6.07, 6.45) is -0.571. The Labute approximate surface area is 155 Å². The van der Waals surface area contributed by atoms with Gasteiger partial charge >= 0.3 is 0 Å². The van der Waals surface area contributed by atoms with E-state index in [1.165, 1.54) is 0 Å². The highest BCUT2D eigenvalue weighted by atomic mass is 35.5. The molecule has 25 heavy (non-hydrogen) atoms. The second kappa shape index (κ2) is 6.43. The molecule has 3 aromatic carbocycles. The zero-order chi connectivity index (χ0) is 17.4. The van der Waals surface area contributed by atoms with Crippen LogP contribution in [0.3, 0.4) is 0 Å². The summed E-state index contributed by atoms with van der Waals surface area (Å²) in [6.45, 7) is 0. The van der Waals surface area contributed by atoms with E-state index < -0.39 is 6.23 Å². The minimum Gasteiger partial charge on any atom is -0.464 e. The third-order valence-electron chi connectivity index (χ3n) is 4.05. The zero-order valence-corrected chi connectivity index (χ0v) is 14.5. The van der Waals surface area contributed by atoms with Crippen molar-refractivity contribution in [2.75, 3.05) is 4.90 Å². The first kappa shape index (κ1) is 16.0. The van der Waals surface area contributed by atoms with Crippen molar-refractivity contribution in [2.45, 2.75) is 6.23 Å². The maximum Gasteiger partial charge on any atom is 0.261 e. The van der Waals surface area contributed by atoms with Gasteiger partial charge in [-0.2, -0.15) is 0 Å². The molecule has 0 saturated carbocycles. The van der Waals surface area contributed by atoms with Gasteiger partial charge in [-0.25, -0.2) is 0 Å². The highest BCUT2D eigenvalue weighted by Crippen LogP contribution is 2.45. The van der Waals surface area contributed by atoms with Gasteiger partial charge in [-0.3, -0.25) is 9.69 Å². The van der Waals surface area contributed by atoms with Crippen molar-refractivity contribution in [2.24, 2.45) is 0 Å². The van der Waals surface area contributed by atoms with Crippen LogP contribution in [0.15, 0.2) is 72.8 Å². The van der Waals surface area contributed by atoms with E-state index in [0.717, 1.165) is 5.56 Å². The number of halogens is 2. The standard InChI is InChI=1S/C20H13Cl2NO2/c21-15-8-6-14(7-9-15)20-23(19(24)13-4-2-1-3-5-13)17-12-16(22)10-11-18(17)25-20/h1-12,20H. The van der Waals surface area contributed by atoms with Crippen LogP contribution in [0.25, 0.3) is 0 Å². The van der Waals surface area contributed by atoms with Crippen molar-refractivity contribution < 1.29 is 9.53 Å². The van der Waals surface area contributed by atoms with Crippen molar-refractivity contribution >= 4 is 34.8 Å². The van der Waals surface area contributed by atoms with Crippen LogP contribution in [-0.2, 0) is 0 Å². The number of hydrogen-bond acceptors (Lipinski definition) is 2. The average Bonchev–Trinajstić information content (AvgIpc) is 3.01. The molecule has 1 aliphatic rings. The van der Waals surface area contributed by atoms with E-state index in [2.05, 4.69) is 0 Å². The normalized spacial score (nSPS) is 15.6. The van der Waals surface area contributed by atoms with Crippen molar-refractivity contribution in [3.8, 4) is 5.75 Å². The van der Waals surface area contributed by atoms with Gasteiger partial charge in [0.2, 0.25) is 6.23 Å². The maximum atomic E-state index is 13.1. The molecule has 1 aliphatic heterocycles. The molecule has 0 bridgehead atoms. The SMILES string of the molecule is O=C(c1ccccc1)N1c2cc(Cl)ccc2OC1c1ccc(Cl)cc1. The molecule has 1 heterocycles. The summed E-state index contributed by atoms with van der Waals surface area (Å²) in [5.74, 6) is 0.468. The monoisotopic (exact) mass is 369 g/mol. The topological polar surface area (TPSA) is 29.5 Å². The highest BCUT2D eigenvalue weighted by Gasteiger charge is 2.37. The molecule has 1 unspecified atom stereocenters. The molecule has 1 amide bonds. The number of anilines is 1. The predicted octanol–water partition coefficient (Wildman–Crippen LogP) is 5.73. The first-order valence-electron chi connectivity index (χ1n) is 7.74. The highest BCUT2D eigenvalue weighted by molar-refractivity contribution is 6.31. The molecule has 0 fully saturated rings. The summed E-state index contributed by atoms with van der Waals surface area (Å²) in [6, 6.07) is 21.6. The number of carbonyl (C=O) groups is 1. The van der Waals surface area contributed by atoms with Crippen LogP contribution >= 0.6 is 23.2 Å². The summed E-state index contributed by atoms with van der Waals surface area (Å²) in [7, 11) is 0. The van der Waals surface area contributed by atoms with E-state index in [0.29, 0.717) is 27.0 Å². The first-order valence-corrected chi connectivity index (χ1v) is 8.49. The quantitative estimate of drug-likeness (QED) is 0.576. The number of amides is 1. The molecule has 0 aromatic heterocycles. The predicted molar refractivity (Wildman–Crippen MR) is 99.5 cm³/mol. The largest absolute Gasteiger partial charge is 0.464 e. The van der Waals surface area contributed by atoms with Gasteiger partial charge in [-0.1, -0.05) is 53.5 Å². The van der Waals surface area contributed by atoms with Gasteiger partial charge in [0.25, 0.3) is 5.91 Å². The molecular weight excluding hydrogens is 357 g/mol. The fourth-order valence-electron chi connectivity index (χ4n) is 2.86. The fraction of sp³-hybridized carbons (Fsp3) is 0.0500. The molecule has 124 valence electrons. The number of benzene rings is 3. The second-order valence-electron chi connectivity index (χ2n) is 5.67. The molecule has 4 rings (SSSR count). The van der Waals surface area contributed by atoms with Crippen LogP contribution in [0.4, 0.5) is 5.69 Å². The first-order chi connectivity index (χ1) is 12.1. The number of fused-ring (bicyclic) bond motifs is 1. The van der Waals surface area contributed by atoms with Crippen LogP contribution in [-0.4, -0.2) is 5.91 Å². The lowest BCUT2D eigenvalue weighted by Crippen LogP contribution is -2.33. The third-order valence-corrected chi connectivity index (χ3v) is 4.54. The zero-order valence-electron chi connectivity index (χ0n) is 13.0. The second-order valence-corrected chi connectivity index (χ2v) is 6.55. The van der Waals surface area contributed by atoms with Gasteiger partial charge in [-0.05, 0) is 42.5 Å². The molecule has 5 heteroatoms. The lowest BCUT2D eigenvalue weighted by Gasteiger charge is -2.24. The smallest absolute Gasteiger partial charge is 0.261 e. The molecule has 3 aromatic rings. The van der Waals surface area contributed by atoms with Gasteiger partial charge in [0, 0.05) is 21.2 Å². The summed E-state index contributed by atoms with van der Waals surface area (Å²) in [5, 5.41) is 1.17. The van der Waals surface area contributed by atoms with E-state index in [9.17, 15) is 4.79 Å². The Hall–Kier alpha value is -2.49. The maximum absolute atomic E-state index is 13.1. The van der Waals surface area contributed by atoms with Gasteiger partial charge in [0.15, 0.2) is 0 Å². The molecule has 3 nitrogen and oxygen atoms in total. The Morgan fingerprint density at radius 1 is 0.880 bits per heavy atom. The summed E-state index contributed by atoms with van der Waals surface area (Å²) in [4.78, 5) is 14.8. The Morgan fingerprint density at radius 3 is 2.28 bits per heavy atom. The van der Waals surface area contributed by atoms with Crippen molar-refractivity contribution in [3.63, 3.8) is 0 Å². The molecule has 1 atom stereocenters. The molecule has 0 aliphatic carbocycles.